The monoisotopic (exact) mass is 623 g/mol. The largest absolute Gasteiger partial charge is 0.497 e. The molecule has 3 rings (SSSR count). The molecule has 1 N–H and O–H groups in total. The van der Waals surface area contributed by atoms with Crippen LogP contribution in [0.25, 0.3) is 0 Å². The molecule has 3 aromatic carbocycles. The molecule has 0 aromatic heterocycles. The minimum atomic E-state index is -7.44. The van der Waals surface area contributed by atoms with E-state index in [0.29, 0.717) is 0 Å². The van der Waals surface area contributed by atoms with Crippen molar-refractivity contribution in [1.29, 1.82) is 0 Å². The number of halogens is 9. The van der Waals surface area contributed by atoms with Crippen LogP contribution in [0.2, 0.25) is 0 Å². The summed E-state index contributed by atoms with van der Waals surface area (Å²) in [6.07, 6.45) is -7.22. The van der Waals surface area contributed by atoms with Crippen LogP contribution >= 0.6 is 10.3 Å². The van der Waals surface area contributed by atoms with E-state index in [1.165, 1.54) is 93.1 Å². The van der Waals surface area contributed by atoms with Crippen molar-refractivity contribution in [3.05, 3.63) is 78.9 Å². The molecule has 0 saturated carbocycles. The van der Waals surface area contributed by atoms with Gasteiger partial charge in [0.2, 0.25) is 0 Å². The second-order valence-electron chi connectivity index (χ2n) is 7.96. The van der Waals surface area contributed by atoms with E-state index >= 15 is 0 Å². The van der Waals surface area contributed by atoms with Crippen LogP contribution in [0.1, 0.15) is 0 Å². The summed E-state index contributed by atoms with van der Waals surface area (Å²) in [5, 5.41) is -7.01. The molecule has 0 aliphatic carbocycles. The number of methoxy groups -OCH3 is 2. The zero-order chi connectivity index (χ0) is 30.2. The molecule has 0 bridgehead atoms. The molecule has 3 aromatic rings. The minimum absolute atomic E-state index is 0.157. The molecule has 5 nitrogen and oxygen atoms in total. The number of ether oxygens (including phenoxy) is 2. The second kappa shape index (κ2) is 10.7. The van der Waals surface area contributed by atoms with E-state index in [1.807, 2.05) is 0 Å². The third kappa shape index (κ3) is 5.07. The highest BCUT2D eigenvalue weighted by Crippen LogP contribution is 2.70. The van der Waals surface area contributed by atoms with Gasteiger partial charge in [-0.25, -0.2) is 0 Å². The van der Waals surface area contributed by atoms with Gasteiger partial charge in [0.25, 0.3) is 0 Å². The number of rotatable bonds is 10. The molecule has 0 radical (unpaired) electrons. The summed E-state index contributed by atoms with van der Waals surface area (Å²) < 4.78 is 163. The molecule has 16 heteroatoms. The Morgan fingerprint density at radius 1 is 0.575 bits per heavy atom. The van der Waals surface area contributed by atoms with Crippen molar-refractivity contribution >= 4 is 20.4 Å². The fourth-order valence-corrected chi connectivity index (χ4v) is 8.88. The van der Waals surface area contributed by atoms with E-state index in [0.717, 1.165) is 0 Å². The molecular formula is C24H20F9O5S2+. The minimum Gasteiger partial charge on any atom is -0.497 e. The molecule has 0 aliphatic rings. The van der Waals surface area contributed by atoms with Crippen molar-refractivity contribution in [2.75, 3.05) is 14.2 Å². The summed E-state index contributed by atoms with van der Waals surface area (Å²) in [4.78, 5) is -0.527. The van der Waals surface area contributed by atoms with Crippen molar-refractivity contribution in [2.45, 2.75) is 38.0 Å². The summed E-state index contributed by atoms with van der Waals surface area (Å²) in [5.74, 6) is -14.5. The third-order valence-electron chi connectivity index (χ3n) is 5.54. The molecule has 0 saturated heterocycles. The van der Waals surface area contributed by atoms with Crippen LogP contribution in [-0.4, -0.2) is 49.5 Å². The first-order valence-corrected chi connectivity index (χ1v) is 13.8. The quantitative estimate of drug-likeness (QED) is 0.132. The maximum Gasteiger partial charge on any atom is 0.486 e. The fraction of sp³-hybridized carbons (Fsp3) is 0.250. The molecule has 0 unspecified atom stereocenters. The van der Waals surface area contributed by atoms with Crippen LogP contribution < -0.4 is 9.47 Å². The van der Waals surface area contributed by atoms with Gasteiger partial charge in [0.15, 0.2) is 0 Å². The molecule has 40 heavy (non-hydrogen) atoms. The molecule has 0 heterocycles. The highest BCUT2D eigenvalue weighted by Gasteiger charge is 2.88. The summed E-state index contributed by atoms with van der Waals surface area (Å²) in [5.41, 5.74) is 0. The lowest BCUT2D eigenvalue weighted by Crippen LogP contribution is -2.63. The lowest BCUT2D eigenvalue weighted by molar-refractivity contribution is -0.382. The van der Waals surface area contributed by atoms with Crippen molar-refractivity contribution in [3.63, 3.8) is 0 Å². The predicted octanol–water partition coefficient (Wildman–Crippen LogP) is 7.75. The highest BCUT2D eigenvalue weighted by molar-refractivity contribution is 8.32. The predicted molar refractivity (Wildman–Crippen MR) is 127 cm³/mol. The standard InChI is InChI=1S/C24H19F9O5S2/c1-36-16-8-12-19(13-9-16)39(18-6-4-3-5-7-18,20-14-10-17(37-2)11-15-20)38-40(34,35)24(32,33)22(27,28)21(25,26)23(29,30)31/h3-15H,1-2H3/p+1. The Balaban J connectivity index is 2.37. The van der Waals surface area contributed by atoms with Gasteiger partial charge in [-0.05, 0) is 60.7 Å². The van der Waals surface area contributed by atoms with Gasteiger partial charge >= 0.3 is 33.4 Å². The van der Waals surface area contributed by atoms with Crippen LogP contribution in [0.15, 0.2) is 93.5 Å². The Morgan fingerprint density at radius 3 is 1.30 bits per heavy atom. The van der Waals surface area contributed by atoms with Crippen LogP contribution in [0.5, 0.6) is 11.5 Å². The van der Waals surface area contributed by atoms with E-state index in [-0.39, 0.29) is 26.2 Å². The molecule has 0 amide bonds. The average Bonchev–Trinajstić information content (AvgIpc) is 2.91. The van der Waals surface area contributed by atoms with Gasteiger partial charge in [0.05, 0.1) is 39.2 Å². The third-order valence-corrected chi connectivity index (χ3v) is 11.0. The summed E-state index contributed by atoms with van der Waals surface area (Å²) in [6, 6.07) is 16.3. The Hall–Kier alpha value is -3.11. The van der Waals surface area contributed by atoms with E-state index in [9.17, 15) is 47.9 Å². The topological polar surface area (TPSA) is 65.4 Å². The van der Waals surface area contributed by atoms with Crippen molar-refractivity contribution in [2.24, 2.45) is 0 Å². The highest BCUT2D eigenvalue weighted by atomic mass is 32.3. The number of alkyl halides is 9. The van der Waals surface area contributed by atoms with Gasteiger partial charge in [-0.1, -0.05) is 18.2 Å². The Morgan fingerprint density at radius 2 is 0.950 bits per heavy atom. The fourth-order valence-electron chi connectivity index (χ4n) is 3.42. The number of benzene rings is 3. The molecule has 0 fully saturated rings. The molecule has 0 aliphatic heterocycles. The Bertz CT molecular complexity index is 1360. The van der Waals surface area contributed by atoms with Gasteiger partial charge in [-0.2, -0.15) is 39.5 Å². The molecule has 0 spiro atoms. The Kier molecular flexibility index (Phi) is 8.41. The van der Waals surface area contributed by atoms with Gasteiger partial charge in [-0.15, -0.1) is 8.42 Å². The first-order valence-electron chi connectivity index (χ1n) is 10.7. The summed E-state index contributed by atoms with van der Waals surface area (Å²) in [7, 11) is -8.59. The van der Waals surface area contributed by atoms with Crippen molar-refractivity contribution in [3.8, 4) is 11.5 Å². The zero-order valence-electron chi connectivity index (χ0n) is 20.3. The van der Waals surface area contributed by atoms with Gasteiger partial charge in [-0.3, -0.25) is 3.63 Å². The first-order chi connectivity index (χ1) is 18.4. The second-order valence-corrected chi connectivity index (χ2v) is 12.6. The zero-order valence-corrected chi connectivity index (χ0v) is 21.9. The normalized spacial score (nSPS) is 14.1. The maximum atomic E-state index is 14.9. The summed E-state index contributed by atoms with van der Waals surface area (Å²) >= 11 is 0. The first kappa shape index (κ1) is 31.4. The van der Waals surface area contributed by atoms with Crippen molar-refractivity contribution in [1.82, 2.24) is 0 Å². The number of hydrogen-bond acceptors (Lipinski definition) is 4. The SMILES string of the molecule is COc1ccc(S([OH+]S(=O)(=O)C(F)(F)C(F)(F)C(F)(F)C(F)(F)F)(c2ccccc2)c2ccc(OC)cc2)cc1. The lowest BCUT2D eigenvalue weighted by Gasteiger charge is -2.37. The van der Waals surface area contributed by atoms with Crippen molar-refractivity contribution < 1.29 is 61.0 Å². The van der Waals surface area contributed by atoms with E-state index in [1.54, 1.807) is 0 Å². The van der Waals surface area contributed by atoms with Gasteiger partial charge < -0.3 is 9.47 Å². The van der Waals surface area contributed by atoms with Crippen LogP contribution in [0.4, 0.5) is 39.5 Å². The summed E-state index contributed by atoms with van der Waals surface area (Å²) in [6.45, 7) is 0. The van der Waals surface area contributed by atoms with Crippen LogP contribution in [-0.2, 0) is 10.1 Å². The molecule has 220 valence electrons. The maximum absolute atomic E-state index is 14.9. The van der Waals surface area contributed by atoms with Gasteiger partial charge in [0.1, 0.15) is 11.5 Å². The van der Waals surface area contributed by atoms with E-state index in [4.69, 9.17) is 9.47 Å². The van der Waals surface area contributed by atoms with E-state index in [2.05, 4.69) is 3.63 Å². The smallest absolute Gasteiger partial charge is 0.486 e. The van der Waals surface area contributed by atoms with Crippen LogP contribution in [0.3, 0.4) is 0 Å². The average molecular weight is 624 g/mol. The Labute approximate surface area is 224 Å². The molecular weight excluding hydrogens is 603 g/mol. The van der Waals surface area contributed by atoms with E-state index < -0.39 is 43.7 Å². The lowest BCUT2D eigenvalue weighted by atomic mass is 10.1. The van der Waals surface area contributed by atoms with Gasteiger partial charge in [0, 0.05) is 0 Å². The van der Waals surface area contributed by atoms with Crippen LogP contribution in [0, 0.1) is 0 Å². The number of hydrogen-bond donors (Lipinski definition) is 0. The molecule has 0 atom stereocenters.